The monoisotopic (exact) mass is 270 g/mol. The van der Waals surface area contributed by atoms with Gasteiger partial charge in [-0.15, -0.1) is 0 Å². The molecular formula is C10H8BrClN2. The molecule has 0 radical (unpaired) electrons. The number of benzene rings is 1. The lowest BCUT2D eigenvalue weighted by molar-refractivity contribution is 0.798. The average molecular weight is 272 g/mol. The Hall–Kier alpha value is -0.800. The number of hydrogen-bond donors (Lipinski definition) is 0. The van der Waals surface area contributed by atoms with E-state index < -0.39 is 0 Å². The Bertz CT molecular complexity index is 422. The first-order chi connectivity index (χ1) is 6.75. The normalized spacial score (nSPS) is 10.4. The van der Waals surface area contributed by atoms with Crippen molar-refractivity contribution in [1.82, 2.24) is 9.55 Å². The molecule has 0 atom stereocenters. The fourth-order valence-electron chi connectivity index (χ4n) is 1.22. The molecule has 0 saturated carbocycles. The van der Waals surface area contributed by atoms with Crippen molar-refractivity contribution in [3.8, 4) is 0 Å². The smallest absolute Gasteiger partial charge is 0.202 e. The minimum atomic E-state index is 0.521. The van der Waals surface area contributed by atoms with Gasteiger partial charge in [-0.3, -0.25) is 0 Å². The summed E-state index contributed by atoms with van der Waals surface area (Å²) in [5.41, 5.74) is 1.20. The summed E-state index contributed by atoms with van der Waals surface area (Å²) in [5, 5.41) is 0.521. The van der Waals surface area contributed by atoms with Crippen molar-refractivity contribution in [2.45, 2.75) is 6.54 Å². The molecular weight excluding hydrogens is 263 g/mol. The van der Waals surface area contributed by atoms with E-state index in [1.165, 1.54) is 5.56 Å². The third-order valence-corrected chi connectivity index (χ3v) is 2.77. The minimum Gasteiger partial charge on any atom is -0.317 e. The van der Waals surface area contributed by atoms with Crippen LogP contribution in [0.5, 0.6) is 0 Å². The van der Waals surface area contributed by atoms with Crippen LogP contribution < -0.4 is 0 Å². The van der Waals surface area contributed by atoms with Crippen LogP contribution in [0.15, 0.2) is 41.1 Å². The van der Waals surface area contributed by atoms with Crippen molar-refractivity contribution in [2.24, 2.45) is 0 Å². The largest absolute Gasteiger partial charge is 0.317 e. The van der Waals surface area contributed by atoms with Crippen molar-refractivity contribution >= 4 is 27.5 Å². The molecule has 2 rings (SSSR count). The second kappa shape index (κ2) is 4.15. The first-order valence-corrected chi connectivity index (χ1v) is 5.34. The van der Waals surface area contributed by atoms with Crippen LogP contribution in [-0.4, -0.2) is 9.55 Å². The molecule has 0 bridgehead atoms. The number of halogens is 2. The minimum absolute atomic E-state index is 0.521. The fraction of sp³-hybridized carbons (Fsp3) is 0.100. The Balaban J connectivity index is 2.19. The van der Waals surface area contributed by atoms with Crippen LogP contribution in [0.2, 0.25) is 5.28 Å². The van der Waals surface area contributed by atoms with Gasteiger partial charge in [-0.05, 0) is 29.3 Å². The number of aromatic nitrogens is 2. The lowest BCUT2D eigenvalue weighted by Crippen LogP contribution is -1.97. The molecule has 0 aliphatic heterocycles. The van der Waals surface area contributed by atoms with Crippen LogP contribution in [0.25, 0.3) is 0 Å². The van der Waals surface area contributed by atoms with E-state index in [0.29, 0.717) is 5.28 Å². The van der Waals surface area contributed by atoms with Gasteiger partial charge in [0.05, 0.1) is 0 Å². The second-order valence-corrected chi connectivity index (χ2v) is 4.20. The lowest BCUT2D eigenvalue weighted by Gasteiger charge is -2.03. The maximum absolute atomic E-state index is 5.86. The fourth-order valence-corrected chi connectivity index (χ4v) is 1.65. The van der Waals surface area contributed by atoms with Gasteiger partial charge in [0.1, 0.15) is 0 Å². The zero-order valence-electron chi connectivity index (χ0n) is 7.32. The summed E-state index contributed by atoms with van der Waals surface area (Å²) in [6.45, 7) is 0.756. The van der Waals surface area contributed by atoms with Gasteiger partial charge in [0.15, 0.2) is 0 Å². The Morgan fingerprint density at radius 2 is 2.00 bits per heavy atom. The van der Waals surface area contributed by atoms with Gasteiger partial charge in [0.25, 0.3) is 0 Å². The van der Waals surface area contributed by atoms with Crippen molar-refractivity contribution in [3.63, 3.8) is 0 Å². The SMILES string of the molecule is Clc1nccn1Cc1ccc(Br)cc1. The summed E-state index contributed by atoms with van der Waals surface area (Å²) in [6.07, 6.45) is 3.56. The van der Waals surface area contributed by atoms with E-state index in [2.05, 4.69) is 33.0 Å². The van der Waals surface area contributed by atoms with Crippen LogP contribution >= 0.6 is 27.5 Å². The molecule has 2 nitrogen and oxygen atoms in total. The number of hydrogen-bond acceptors (Lipinski definition) is 1. The van der Waals surface area contributed by atoms with E-state index in [9.17, 15) is 0 Å². The van der Waals surface area contributed by atoms with Gasteiger partial charge >= 0.3 is 0 Å². The van der Waals surface area contributed by atoms with Crippen molar-refractivity contribution in [1.29, 1.82) is 0 Å². The third kappa shape index (κ3) is 2.16. The Kier molecular flexibility index (Phi) is 2.89. The predicted octanol–water partition coefficient (Wildman–Crippen LogP) is 3.35. The third-order valence-electron chi connectivity index (χ3n) is 1.93. The van der Waals surface area contributed by atoms with Gasteiger partial charge in [0.2, 0.25) is 5.28 Å². The average Bonchev–Trinajstić information content (AvgIpc) is 2.56. The van der Waals surface area contributed by atoms with E-state index in [0.717, 1.165) is 11.0 Å². The first-order valence-electron chi connectivity index (χ1n) is 4.17. The molecule has 0 aliphatic carbocycles. The highest BCUT2D eigenvalue weighted by atomic mass is 79.9. The zero-order chi connectivity index (χ0) is 9.97. The van der Waals surface area contributed by atoms with E-state index in [1.807, 2.05) is 22.9 Å². The molecule has 0 unspecified atom stereocenters. The summed E-state index contributed by atoms with van der Waals surface area (Å²) in [6, 6.07) is 8.14. The summed E-state index contributed by atoms with van der Waals surface area (Å²) < 4.78 is 2.98. The number of rotatable bonds is 2. The maximum Gasteiger partial charge on any atom is 0.202 e. The van der Waals surface area contributed by atoms with Crippen LogP contribution in [0.4, 0.5) is 0 Å². The topological polar surface area (TPSA) is 17.8 Å². The maximum atomic E-state index is 5.86. The summed E-state index contributed by atoms with van der Waals surface area (Å²) in [4.78, 5) is 3.95. The molecule has 0 fully saturated rings. The second-order valence-electron chi connectivity index (χ2n) is 2.95. The van der Waals surface area contributed by atoms with E-state index >= 15 is 0 Å². The molecule has 0 aliphatic rings. The summed E-state index contributed by atoms with van der Waals surface area (Å²) >= 11 is 9.26. The zero-order valence-corrected chi connectivity index (χ0v) is 9.66. The molecule has 1 aromatic carbocycles. The van der Waals surface area contributed by atoms with Gasteiger partial charge in [-0.25, -0.2) is 4.98 Å². The van der Waals surface area contributed by atoms with Crippen molar-refractivity contribution < 1.29 is 0 Å². The lowest BCUT2D eigenvalue weighted by atomic mass is 10.2. The number of nitrogens with zero attached hydrogens (tertiary/aromatic N) is 2. The standard InChI is InChI=1S/C10H8BrClN2/c11-9-3-1-8(2-4-9)7-14-6-5-13-10(14)12/h1-6H,7H2. The Morgan fingerprint density at radius 3 is 2.57 bits per heavy atom. The van der Waals surface area contributed by atoms with E-state index in [1.54, 1.807) is 6.20 Å². The van der Waals surface area contributed by atoms with E-state index in [4.69, 9.17) is 11.6 Å². The molecule has 1 heterocycles. The van der Waals surface area contributed by atoms with Crippen molar-refractivity contribution in [2.75, 3.05) is 0 Å². The molecule has 0 amide bonds. The van der Waals surface area contributed by atoms with Gasteiger partial charge in [-0.2, -0.15) is 0 Å². The van der Waals surface area contributed by atoms with Crippen LogP contribution in [0.3, 0.4) is 0 Å². The molecule has 2 aromatic rings. The molecule has 14 heavy (non-hydrogen) atoms. The molecule has 72 valence electrons. The van der Waals surface area contributed by atoms with Crippen LogP contribution in [-0.2, 0) is 6.54 Å². The Labute approximate surface area is 95.7 Å². The van der Waals surface area contributed by atoms with Gasteiger partial charge in [-0.1, -0.05) is 28.1 Å². The van der Waals surface area contributed by atoms with Crippen LogP contribution in [0, 0.1) is 0 Å². The summed E-state index contributed by atoms with van der Waals surface area (Å²) in [5.74, 6) is 0. The number of imidazole rings is 1. The summed E-state index contributed by atoms with van der Waals surface area (Å²) in [7, 11) is 0. The highest BCUT2D eigenvalue weighted by Crippen LogP contribution is 2.13. The van der Waals surface area contributed by atoms with Crippen LogP contribution in [0.1, 0.15) is 5.56 Å². The van der Waals surface area contributed by atoms with Gasteiger partial charge < -0.3 is 4.57 Å². The van der Waals surface area contributed by atoms with E-state index in [-0.39, 0.29) is 0 Å². The first kappa shape index (κ1) is 9.74. The highest BCUT2D eigenvalue weighted by molar-refractivity contribution is 9.10. The molecule has 1 aromatic heterocycles. The predicted molar refractivity (Wildman–Crippen MR) is 60.5 cm³/mol. The molecule has 0 spiro atoms. The highest BCUT2D eigenvalue weighted by Gasteiger charge is 1.99. The van der Waals surface area contributed by atoms with Crippen molar-refractivity contribution in [3.05, 3.63) is 52.0 Å². The quantitative estimate of drug-likeness (QED) is 0.819. The molecule has 0 saturated heterocycles. The molecule has 0 N–H and O–H groups in total. The molecule has 4 heteroatoms. The van der Waals surface area contributed by atoms with Gasteiger partial charge in [0, 0.05) is 23.4 Å². The Morgan fingerprint density at radius 1 is 1.29 bits per heavy atom.